The van der Waals surface area contributed by atoms with Gasteiger partial charge in [0.25, 0.3) is 0 Å². The van der Waals surface area contributed by atoms with E-state index in [-0.39, 0.29) is 5.91 Å². The van der Waals surface area contributed by atoms with Crippen LogP contribution >= 0.6 is 11.8 Å². The maximum atomic E-state index is 11.4. The molecule has 0 atom stereocenters. The number of aryl methyl sites for hydroxylation is 1. The van der Waals surface area contributed by atoms with E-state index in [1.54, 1.807) is 6.33 Å². The molecule has 2 aromatic rings. The zero-order chi connectivity index (χ0) is 13.7. The van der Waals surface area contributed by atoms with Crippen LogP contribution < -0.4 is 5.32 Å². The lowest BCUT2D eigenvalue weighted by Crippen LogP contribution is -2.24. The van der Waals surface area contributed by atoms with Gasteiger partial charge in [-0.3, -0.25) is 9.36 Å². The second kappa shape index (κ2) is 6.38. The molecule has 1 aromatic heterocycles. The normalized spacial score (nSPS) is 10.4. The van der Waals surface area contributed by atoms with Crippen molar-refractivity contribution in [2.24, 2.45) is 0 Å². The third kappa shape index (κ3) is 3.57. The fraction of sp³-hybridized carbons (Fsp3) is 0.308. The third-order valence-corrected chi connectivity index (χ3v) is 3.48. The number of aromatic nitrogens is 3. The minimum atomic E-state index is 0.00551. The molecule has 19 heavy (non-hydrogen) atoms. The van der Waals surface area contributed by atoms with Crippen LogP contribution in [0.1, 0.15) is 12.5 Å². The zero-order valence-electron chi connectivity index (χ0n) is 11.0. The number of carbonyl (C=O) groups is 1. The van der Waals surface area contributed by atoms with Gasteiger partial charge in [-0.1, -0.05) is 29.5 Å². The van der Waals surface area contributed by atoms with Gasteiger partial charge in [0, 0.05) is 12.2 Å². The summed E-state index contributed by atoms with van der Waals surface area (Å²) in [4.78, 5) is 11.4. The summed E-state index contributed by atoms with van der Waals surface area (Å²) in [6.45, 7) is 4.59. The number of nitrogens with zero attached hydrogens (tertiary/aromatic N) is 3. The largest absolute Gasteiger partial charge is 0.356 e. The standard InChI is InChI=1S/C13H16N4OS/c1-3-14-12(18)8-19-13-16-15-9-17(13)11-6-4-10(2)5-7-11/h4-7,9H,3,8H2,1-2H3,(H,14,18). The first-order chi connectivity index (χ1) is 9.20. The molecule has 0 fully saturated rings. The molecule has 0 aliphatic rings. The minimum absolute atomic E-state index is 0.00551. The molecule has 0 saturated heterocycles. The summed E-state index contributed by atoms with van der Waals surface area (Å²) in [5.41, 5.74) is 2.20. The Morgan fingerprint density at radius 1 is 1.37 bits per heavy atom. The van der Waals surface area contributed by atoms with Crippen molar-refractivity contribution >= 4 is 17.7 Å². The number of hydrogen-bond acceptors (Lipinski definition) is 4. The molecule has 0 saturated carbocycles. The number of thioether (sulfide) groups is 1. The SMILES string of the molecule is CCNC(=O)CSc1nncn1-c1ccc(C)cc1. The Morgan fingerprint density at radius 2 is 2.11 bits per heavy atom. The molecule has 0 radical (unpaired) electrons. The number of rotatable bonds is 5. The molecular weight excluding hydrogens is 260 g/mol. The average molecular weight is 276 g/mol. The van der Waals surface area contributed by atoms with E-state index in [2.05, 4.69) is 15.5 Å². The summed E-state index contributed by atoms with van der Waals surface area (Å²) >= 11 is 1.38. The molecule has 0 bridgehead atoms. The van der Waals surface area contributed by atoms with Crippen LogP contribution in [-0.2, 0) is 4.79 Å². The van der Waals surface area contributed by atoms with Crippen molar-refractivity contribution in [1.29, 1.82) is 0 Å². The Balaban J connectivity index is 2.09. The first-order valence-corrected chi connectivity index (χ1v) is 7.06. The zero-order valence-corrected chi connectivity index (χ0v) is 11.8. The minimum Gasteiger partial charge on any atom is -0.356 e. The number of carbonyl (C=O) groups excluding carboxylic acids is 1. The van der Waals surface area contributed by atoms with Gasteiger partial charge in [0.2, 0.25) is 5.91 Å². The van der Waals surface area contributed by atoms with E-state index < -0.39 is 0 Å². The predicted molar refractivity (Wildman–Crippen MR) is 75.5 cm³/mol. The van der Waals surface area contributed by atoms with E-state index in [4.69, 9.17) is 0 Å². The van der Waals surface area contributed by atoms with Crippen molar-refractivity contribution in [1.82, 2.24) is 20.1 Å². The Hall–Kier alpha value is -1.82. The molecule has 0 unspecified atom stereocenters. The van der Waals surface area contributed by atoms with Crippen LogP contribution in [0.5, 0.6) is 0 Å². The van der Waals surface area contributed by atoms with Crippen molar-refractivity contribution < 1.29 is 4.79 Å². The van der Waals surface area contributed by atoms with E-state index in [0.29, 0.717) is 12.3 Å². The Bertz CT molecular complexity index is 550. The summed E-state index contributed by atoms with van der Waals surface area (Å²) in [6, 6.07) is 8.09. The van der Waals surface area contributed by atoms with E-state index in [1.807, 2.05) is 42.7 Å². The van der Waals surface area contributed by atoms with Crippen molar-refractivity contribution in [3.8, 4) is 5.69 Å². The molecule has 5 nitrogen and oxygen atoms in total. The summed E-state index contributed by atoms with van der Waals surface area (Å²) < 4.78 is 1.88. The summed E-state index contributed by atoms with van der Waals surface area (Å²) in [5.74, 6) is 0.351. The molecule has 1 N–H and O–H groups in total. The average Bonchev–Trinajstić information content (AvgIpc) is 2.86. The molecule has 1 amide bonds. The second-order valence-electron chi connectivity index (χ2n) is 4.06. The molecule has 1 aromatic carbocycles. The lowest BCUT2D eigenvalue weighted by molar-refractivity contribution is -0.118. The Morgan fingerprint density at radius 3 is 2.79 bits per heavy atom. The van der Waals surface area contributed by atoms with Crippen molar-refractivity contribution in [3.63, 3.8) is 0 Å². The predicted octanol–water partition coefficient (Wildman–Crippen LogP) is 1.80. The lowest BCUT2D eigenvalue weighted by atomic mass is 10.2. The Labute approximate surface area is 116 Å². The van der Waals surface area contributed by atoms with Gasteiger partial charge in [-0.2, -0.15) is 0 Å². The van der Waals surface area contributed by atoms with Gasteiger partial charge < -0.3 is 5.32 Å². The highest BCUT2D eigenvalue weighted by atomic mass is 32.2. The first kappa shape index (κ1) is 13.6. The molecule has 6 heteroatoms. The number of benzene rings is 1. The van der Waals surface area contributed by atoms with Crippen molar-refractivity contribution in [2.45, 2.75) is 19.0 Å². The van der Waals surface area contributed by atoms with Crippen LogP contribution in [0.4, 0.5) is 0 Å². The second-order valence-corrected chi connectivity index (χ2v) is 5.00. The van der Waals surface area contributed by atoms with Gasteiger partial charge in [-0.15, -0.1) is 10.2 Å². The molecule has 2 rings (SSSR count). The van der Waals surface area contributed by atoms with Crippen LogP contribution in [0.15, 0.2) is 35.7 Å². The lowest BCUT2D eigenvalue weighted by Gasteiger charge is -2.06. The quantitative estimate of drug-likeness (QED) is 0.846. The molecule has 100 valence electrons. The van der Waals surface area contributed by atoms with E-state index in [0.717, 1.165) is 10.8 Å². The van der Waals surface area contributed by atoms with E-state index in [1.165, 1.54) is 17.3 Å². The molecular formula is C13H16N4OS. The summed E-state index contributed by atoms with van der Waals surface area (Å²) in [5, 5.41) is 11.4. The van der Waals surface area contributed by atoms with Gasteiger partial charge in [0.15, 0.2) is 5.16 Å². The number of hydrogen-bond donors (Lipinski definition) is 1. The molecule has 0 aliphatic heterocycles. The van der Waals surface area contributed by atoms with Crippen LogP contribution in [0.25, 0.3) is 5.69 Å². The van der Waals surface area contributed by atoms with Crippen LogP contribution in [-0.4, -0.2) is 33.0 Å². The summed E-state index contributed by atoms with van der Waals surface area (Å²) in [7, 11) is 0. The molecule has 1 heterocycles. The van der Waals surface area contributed by atoms with Crippen LogP contribution in [0, 0.1) is 6.92 Å². The topological polar surface area (TPSA) is 59.8 Å². The smallest absolute Gasteiger partial charge is 0.230 e. The highest BCUT2D eigenvalue weighted by Gasteiger charge is 2.09. The highest BCUT2D eigenvalue weighted by molar-refractivity contribution is 7.99. The highest BCUT2D eigenvalue weighted by Crippen LogP contribution is 2.19. The van der Waals surface area contributed by atoms with Gasteiger partial charge in [-0.05, 0) is 26.0 Å². The van der Waals surface area contributed by atoms with Crippen molar-refractivity contribution in [2.75, 3.05) is 12.3 Å². The van der Waals surface area contributed by atoms with Crippen LogP contribution in [0.3, 0.4) is 0 Å². The number of nitrogens with one attached hydrogen (secondary N) is 1. The fourth-order valence-corrected chi connectivity index (χ4v) is 2.34. The Kier molecular flexibility index (Phi) is 4.57. The first-order valence-electron chi connectivity index (χ1n) is 6.07. The van der Waals surface area contributed by atoms with Gasteiger partial charge in [0.1, 0.15) is 6.33 Å². The van der Waals surface area contributed by atoms with E-state index >= 15 is 0 Å². The van der Waals surface area contributed by atoms with Gasteiger partial charge in [0.05, 0.1) is 5.75 Å². The van der Waals surface area contributed by atoms with E-state index in [9.17, 15) is 4.79 Å². The van der Waals surface area contributed by atoms with Gasteiger partial charge in [-0.25, -0.2) is 0 Å². The maximum absolute atomic E-state index is 11.4. The van der Waals surface area contributed by atoms with Crippen LogP contribution in [0.2, 0.25) is 0 Å². The number of amides is 1. The molecule has 0 aliphatic carbocycles. The third-order valence-electron chi connectivity index (χ3n) is 2.53. The fourth-order valence-electron chi connectivity index (χ4n) is 1.58. The monoisotopic (exact) mass is 276 g/mol. The summed E-state index contributed by atoms with van der Waals surface area (Å²) in [6.07, 6.45) is 1.66. The van der Waals surface area contributed by atoms with Crippen molar-refractivity contribution in [3.05, 3.63) is 36.2 Å². The van der Waals surface area contributed by atoms with Gasteiger partial charge >= 0.3 is 0 Å². The molecule has 0 spiro atoms. The maximum Gasteiger partial charge on any atom is 0.230 e.